The first kappa shape index (κ1) is 15.5. The van der Waals surface area contributed by atoms with Gasteiger partial charge in [0.2, 0.25) is 11.5 Å². The van der Waals surface area contributed by atoms with E-state index < -0.39 is 45.4 Å². The molecule has 0 aliphatic carbocycles. The van der Waals surface area contributed by atoms with E-state index in [0.29, 0.717) is 0 Å². The topological polar surface area (TPSA) is 141 Å². The fourth-order valence-corrected chi connectivity index (χ4v) is 2.58. The molecule has 0 atom stereocenters. The zero-order valence-electron chi connectivity index (χ0n) is 12.6. The predicted octanol–water partition coefficient (Wildman–Crippen LogP) is -1.57. The van der Waals surface area contributed by atoms with E-state index in [-0.39, 0.29) is 52.5 Å². The summed E-state index contributed by atoms with van der Waals surface area (Å²) in [6, 6.07) is 1.93. The third-order valence-corrected chi connectivity index (χ3v) is 3.55. The van der Waals surface area contributed by atoms with Gasteiger partial charge in [-0.3, -0.25) is 0 Å². The molecule has 0 radical (unpaired) electrons. The normalized spacial score (nSPS) is 11.3. The Hall–Kier alpha value is -2.42. The summed E-state index contributed by atoms with van der Waals surface area (Å²) in [5.74, 6) is -2.75. The van der Waals surface area contributed by atoms with Gasteiger partial charge in [0.15, 0.2) is 22.7 Å². The second-order valence-corrected chi connectivity index (χ2v) is 4.77. The predicted molar refractivity (Wildman–Crippen MR) is 75.0 cm³/mol. The van der Waals surface area contributed by atoms with Crippen LogP contribution in [0.5, 0.6) is 23.0 Å². The minimum absolute atomic E-state index is 0. The quantitative estimate of drug-likeness (QED) is 0.131. The van der Waals surface area contributed by atoms with Crippen LogP contribution in [0.25, 0.3) is 32.7 Å². The molecule has 112 valence electrons. The summed E-state index contributed by atoms with van der Waals surface area (Å²) in [4.78, 5) is 24.0. The molecule has 9 heteroatoms. The van der Waals surface area contributed by atoms with Crippen molar-refractivity contribution < 1.29 is 60.2 Å². The fraction of sp³-hybridized carbons (Fsp3) is 0. The van der Waals surface area contributed by atoms with Crippen LogP contribution in [0.1, 0.15) is 1.43 Å². The van der Waals surface area contributed by atoms with Gasteiger partial charge < -0.3 is 30.7 Å². The molecule has 0 fully saturated rings. The summed E-state index contributed by atoms with van der Waals surface area (Å²) < 4.78 is 9.87. The first-order chi connectivity index (χ1) is 10.4. The zero-order chi connectivity index (χ0) is 15.8. The van der Waals surface area contributed by atoms with Crippen LogP contribution in [0.2, 0.25) is 0 Å². The number of benzene rings is 2. The van der Waals surface area contributed by atoms with Crippen LogP contribution in [-0.2, 0) is 0 Å². The minimum Gasteiger partial charge on any atom is -1.00 e. The Bertz CT molecular complexity index is 1110. The van der Waals surface area contributed by atoms with E-state index in [0.717, 1.165) is 12.1 Å². The smallest absolute Gasteiger partial charge is 1.00 e. The second kappa shape index (κ2) is 4.79. The molecule has 2 aromatic carbocycles. The number of hydrogen-bond acceptors (Lipinski definition) is 8. The number of phenols is 4. The summed E-state index contributed by atoms with van der Waals surface area (Å²) in [6.07, 6.45) is 0. The van der Waals surface area contributed by atoms with Gasteiger partial charge in [-0.05, 0) is 12.1 Å². The molecule has 2 aromatic heterocycles. The van der Waals surface area contributed by atoms with Crippen molar-refractivity contribution in [1.82, 2.24) is 0 Å². The van der Waals surface area contributed by atoms with E-state index in [9.17, 15) is 30.0 Å². The molecule has 0 amide bonds. The van der Waals surface area contributed by atoms with Crippen molar-refractivity contribution >= 4 is 32.7 Å². The minimum atomic E-state index is -0.941. The summed E-state index contributed by atoms with van der Waals surface area (Å²) in [5.41, 5.74) is -2.70. The Morgan fingerprint density at radius 2 is 1.09 bits per heavy atom. The van der Waals surface area contributed by atoms with E-state index in [1.54, 1.807) is 0 Å². The Morgan fingerprint density at radius 1 is 0.739 bits per heavy atom. The van der Waals surface area contributed by atoms with Gasteiger partial charge in [-0.15, -0.1) is 0 Å². The second-order valence-electron chi connectivity index (χ2n) is 4.77. The van der Waals surface area contributed by atoms with E-state index in [4.69, 9.17) is 8.83 Å². The van der Waals surface area contributed by atoms with Gasteiger partial charge >= 0.3 is 40.8 Å². The molecule has 0 bridgehead atoms. The van der Waals surface area contributed by atoms with Crippen LogP contribution in [0.3, 0.4) is 0 Å². The summed E-state index contributed by atoms with van der Waals surface area (Å²) in [5, 5.41) is 38.7. The van der Waals surface area contributed by atoms with Crippen molar-refractivity contribution in [2.75, 3.05) is 0 Å². The van der Waals surface area contributed by atoms with Gasteiger partial charge in [0, 0.05) is 10.8 Å². The maximum absolute atomic E-state index is 12.0. The van der Waals surface area contributed by atoms with Crippen molar-refractivity contribution in [1.29, 1.82) is 0 Å². The van der Waals surface area contributed by atoms with Crippen LogP contribution in [0.15, 0.2) is 30.6 Å². The van der Waals surface area contributed by atoms with E-state index in [1.165, 1.54) is 0 Å². The molecule has 0 aliphatic heterocycles. The fourth-order valence-electron chi connectivity index (χ4n) is 2.58. The van der Waals surface area contributed by atoms with Crippen molar-refractivity contribution in [3.63, 3.8) is 0 Å². The van der Waals surface area contributed by atoms with Gasteiger partial charge in [0.1, 0.15) is 0 Å². The summed E-state index contributed by atoms with van der Waals surface area (Å²) in [6.45, 7) is 0. The van der Waals surface area contributed by atoms with Crippen LogP contribution < -0.4 is 40.8 Å². The van der Waals surface area contributed by atoms with Crippen molar-refractivity contribution in [2.24, 2.45) is 0 Å². The Kier molecular flexibility index (Phi) is 3.22. The molecule has 2 heterocycles. The zero-order valence-corrected chi connectivity index (χ0v) is 13.6. The largest absolute Gasteiger partial charge is 1.00 e. The molecule has 0 spiro atoms. The van der Waals surface area contributed by atoms with E-state index in [1.807, 2.05) is 0 Å². The van der Waals surface area contributed by atoms with Crippen LogP contribution >= 0.6 is 0 Å². The first-order valence-corrected chi connectivity index (χ1v) is 6.02. The van der Waals surface area contributed by atoms with Gasteiger partial charge in [-0.1, -0.05) is 0 Å². The molecule has 0 aliphatic rings. The monoisotopic (exact) mass is 326 g/mol. The number of aromatic hydroxyl groups is 4. The Morgan fingerprint density at radius 3 is 1.43 bits per heavy atom. The molecule has 8 nitrogen and oxygen atoms in total. The number of phenolic OH excluding ortho intramolecular Hbond substituents is 4. The van der Waals surface area contributed by atoms with Crippen molar-refractivity contribution in [3.05, 3.63) is 33.0 Å². The van der Waals surface area contributed by atoms with Crippen LogP contribution in [0, 0.1) is 0 Å². The van der Waals surface area contributed by atoms with Crippen molar-refractivity contribution in [3.8, 4) is 23.0 Å². The van der Waals surface area contributed by atoms with Crippen LogP contribution in [-0.4, -0.2) is 20.4 Å². The Balaban J connectivity index is 0.00000104. The van der Waals surface area contributed by atoms with Crippen LogP contribution in [0.4, 0.5) is 0 Å². The molecule has 4 N–H and O–H groups in total. The van der Waals surface area contributed by atoms with Gasteiger partial charge in [-0.25, -0.2) is 9.59 Å². The molecule has 0 saturated heterocycles. The average molecular weight is 326 g/mol. The average Bonchev–Trinajstić information content (AvgIpc) is 2.47. The molecule has 0 unspecified atom stereocenters. The molecule has 4 rings (SSSR count). The maximum atomic E-state index is 12.0. The molecule has 0 saturated carbocycles. The third kappa shape index (κ3) is 1.83. The first-order valence-electron chi connectivity index (χ1n) is 6.02. The standard InChI is InChI=1S/C14H6O8.Na.H/c15-5-1-3-7-8-4(14(20)22-11(7)9(5)17)2-6(16)10(18)12(8)21-13(3)19;;/h1-2,15-18H;;/q;+1;-1. The van der Waals surface area contributed by atoms with Gasteiger partial charge in [-0.2, -0.15) is 0 Å². The number of rotatable bonds is 0. The van der Waals surface area contributed by atoms with Gasteiger partial charge in [0.05, 0.1) is 10.8 Å². The number of hydrogen-bond donors (Lipinski definition) is 4. The molecule has 4 aromatic rings. The molecular formula is C14H7NaO8. The van der Waals surface area contributed by atoms with Crippen molar-refractivity contribution in [2.45, 2.75) is 0 Å². The SMILES string of the molecule is O=c1oc2c(O)c(O)cc3c(=O)oc4c(O)c(O)cc1c4c23.[H-].[Na+]. The Labute approximate surface area is 148 Å². The van der Waals surface area contributed by atoms with E-state index >= 15 is 0 Å². The summed E-state index contributed by atoms with van der Waals surface area (Å²) in [7, 11) is 0. The molecular weight excluding hydrogens is 319 g/mol. The third-order valence-electron chi connectivity index (χ3n) is 3.55. The summed E-state index contributed by atoms with van der Waals surface area (Å²) >= 11 is 0. The maximum Gasteiger partial charge on any atom is 1.00 e. The van der Waals surface area contributed by atoms with E-state index in [2.05, 4.69) is 0 Å². The molecule has 23 heavy (non-hydrogen) atoms. The van der Waals surface area contributed by atoms with Gasteiger partial charge in [0.25, 0.3) is 0 Å².